The average Bonchev–Trinajstić information content (AvgIpc) is 2.81. The molecule has 3 aromatic rings. The Morgan fingerprint density at radius 1 is 0.938 bits per heavy atom. The Balaban J connectivity index is 1.38. The van der Waals surface area contributed by atoms with E-state index in [4.69, 9.17) is 11.6 Å². The molecule has 0 radical (unpaired) electrons. The van der Waals surface area contributed by atoms with Crippen molar-refractivity contribution in [1.29, 1.82) is 0 Å². The first-order chi connectivity index (χ1) is 15.4. The topological polar surface area (TPSA) is 66.5 Å². The number of hydrogen-bond donors (Lipinski definition) is 1. The van der Waals surface area contributed by atoms with E-state index in [2.05, 4.69) is 29.0 Å². The van der Waals surface area contributed by atoms with Crippen LogP contribution in [-0.2, 0) is 16.4 Å². The number of hydrogen-bond acceptors (Lipinski definition) is 3. The minimum absolute atomic E-state index is 0.0810. The van der Waals surface area contributed by atoms with Crippen molar-refractivity contribution < 1.29 is 13.2 Å². The van der Waals surface area contributed by atoms with Crippen LogP contribution < -0.4 is 4.72 Å². The van der Waals surface area contributed by atoms with Gasteiger partial charge >= 0.3 is 0 Å². The van der Waals surface area contributed by atoms with Gasteiger partial charge in [-0.05, 0) is 61.1 Å². The van der Waals surface area contributed by atoms with Gasteiger partial charge in [-0.1, -0.05) is 60.1 Å². The lowest BCUT2D eigenvalue weighted by Gasteiger charge is -2.32. The highest BCUT2D eigenvalue weighted by Gasteiger charge is 2.24. The summed E-state index contributed by atoms with van der Waals surface area (Å²) in [5.74, 6) is 0.488. The number of sulfonamides is 1. The average molecular weight is 469 g/mol. The van der Waals surface area contributed by atoms with Gasteiger partial charge in [-0.2, -0.15) is 0 Å². The van der Waals surface area contributed by atoms with E-state index in [0.717, 1.165) is 19.3 Å². The molecule has 1 fully saturated rings. The van der Waals surface area contributed by atoms with Crippen molar-refractivity contribution in [2.75, 3.05) is 17.8 Å². The number of carbonyl (C=O) groups is 1. The Morgan fingerprint density at radius 2 is 1.56 bits per heavy atom. The maximum atomic E-state index is 13.0. The third kappa shape index (κ3) is 5.31. The maximum absolute atomic E-state index is 13.0. The van der Waals surface area contributed by atoms with Crippen LogP contribution in [0.1, 0.15) is 28.8 Å². The van der Waals surface area contributed by atoms with E-state index in [-0.39, 0.29) is 21.5 Å². The number of anilines is 1. The fourth-order valence-electron chi connectivity index (χ4n) is 4.00. The van der Waals surface area contributed by atoms with Crippen molar-refractivity contribution in [2.24, 2.45) is 5.92 Å². The highest BCUT2D eigenvalue weighted by Crippen LogP contribution is 2.28. The summed E-state index contributed by atoms with van der Waals surface area (Å²) >= 11 is 6.32. The molecule has 0 bridgehead atoms. The number of halogens is 1. The van der Waals surface area contributed by atoms with Crippen LogP contribution in [0.25, 0.3) is 0 Å². The lowest BCUT2D eigenvalue weighted by atomic mass is 9.90. The SMILES string of the molecule is O=C(c1ccc(NS(=O)(=O)c2ccccc2)c(Cl)c1)N1CCC(Cc2ccccc2)CC1. The van der Waals surface area contributed by atoms with E-state index in [9.17, 15) is 13.2 Å². The minimum Gasteiger partial charge on any atom is -0.339 e. The number of piperidine rings is 1. The summed E-state index contributed by atoms with van der Waals surface area (Å²) in [6.07, 6.45) is 2.96. The molecule has 166 valence electrons. The first-order valence-electron chi connectivity index (χ1n) is 10.6. The molecule has 4 rings (SSSR count). The molecule has 0 aliphatic carbocycles. The second-order valence-electron chi connectivity index (χ2n) is 8.04. The number of benzene rings is 3. The monoisotopic (exact) mass is 468 g/mol. The molecule has 1 N–H and O–H groups in total. The van der Waals surface area contributed by atoms with Crippen molar-refractivity contribution >= 4 is 33.2 Å². The lowest BCUT2D eigenvalue weighted by Crippen LogP contribution is -2.38. The van der Waals surface area contributed by atoms with Gasteiger partial charge in [0.15, 0.2) is 0 Å². The molecule has 5 nitrogen and oxygen atoms in total. The summed E-state index contributed by atoms with van der Waals surface area (Å²) < 4.78 is 27.6. The smallest absolute Gasteiger partial charge is 0.261 e. The summed E-state index contributed by atoms with van der Waals surface area (Å²) in [6.45, 7) is 1.41. The molecule has 1 aliphatic rings. The summed E-state index contributed by atoms with van der Waals surface area (Å²) in [5.41, 5.74) is 2.03. The van der Waals surface area contributed by atoms with Crippen molar-refractivity contribution in [3.8, 4) is 0 Å². The van der Waals surface area contributed by atoms with Crippen molar-refractivity contribution in [3.63, 3.8) is 0 Å². The fourth-order valence-corrected chi connectivity index (χ4v) is 5.39. The first-order valence-corrected chi connectivity index (χ1v) is 12.5. The highest BCUT2D eigenvalue weighted by atomic mass is 35.5. The van der Waals surface area contributed by atoms with E-state index in [1.807, 2.05) is 11.0 Å². The quantitative estimate of drug-likeness (QED) is 0.538. The van der Waals surface area contributed by atoms with E-state index in [1.165, 1.54) is 29.8 Å². The number of amides is 1. The van der Waals surface area contributed by atoms with Crippen LogP contribution in [0, 0.1) is 5.92 Å². The highest BCUT2D eigenvalue weighted by molar-refractivity contribution is 7.92. The van der Waals surface area contributed by atoms with Gasteiger partial charge in [-0.25, -0.2) is 8.42 Å². The van der Waals surface area contributed by atoms with Gasteiger partial charge in [0.25, 0.3) is 15.9 Å². The summed E-state index contributed by atoms with van der Waals surface area (Å²) in [7, 11) is -3.75. The number of nitrogens with one attached hydrogen (secondary N) is 1. The zero-order chi connectivity index (χ0) is 22.6. The predicted octanol–water partition coefficient (Wildman–Crippen LogP) is 5.24. The molecular formula is C25H25ClN2O3S. The summed E-state index contributed by atoms with van der Waals surface area (Å²) in [4.78, 5) is 15.0. The van der Waals surface area contributed by atoms with Gasteiger partial charge in [0.2, 0.25) is 0 Å². The van der Waals surface area contributed by atoms with Crippen LogP contribution in [-0.4, -0.2) is 32.3 Å². The molecule has 3 aromatic carbocycles. The molecule has 0 saturated carbocycles. The Morgan fingerprint density at radius 3 is 2.19 bits per heavy atom. The van der Waals surface area contributed by atoms with E-state index >= 15 is 0 Å². The van der Waals surface area contributed by atoms with Gasteiger partial charge in [0.05, 0.1) is 15.6 Å². The van der Waals surface area contributed by atoms with Crippen LogP contribution in [0.4, 0.5) is 5.69 Å². The zero-order valence-electron chi connectivity index (χ0n) is 17.6. The van der Waals surface area contributed by atoms with Gasteiger partial charge in [-0.3, -0.25) is 9.52 Å². The molecular weight excluding hydrogens is 444 g/mol. The summed E-state index contributed by atoms with van der Waals surface area (Å²) in [6, 6.07) is 23.2. The van der Waals surface area contributed by atoms with Crippen LogP contribution in [0.2, 0.25) is 5.02 Å². The van der Waals surface area contributed by atoms with Crippen LogP contribution in [0.15, 0.2) is 83.8 Å². The van der Waals surface area contributed by atoms with Gasteiger partial charge < -0.3 is 4.90 Å². The molecule has 0 atom stereocenters. The Kier molecular flexibility index (Phi) is 6.82. The Labute approximate surface area is 194 Å². The normalized spacial score (nSPS) is 14.8. The number of carbonyl (C=O) groups excluding carboxylic acids is 1. The van der Waals surface area contributed by atoms with Crippen molar-refractivity contribution in [1.82, 2.24) is 4.90 Å². The molecule has 1 saturated heterocycles. The second kappa shape index (κ2) is 9.76. The molecule has 7 heteroatoms. The molecule has 1 aliphatic heterocycles. The lowest BCUT2D eigenvalue weighted by molar-refractivity contribution is 0.0690. The van der Waals surface area contributed by atoms with Gasteiger partial charge in [-0.15, -0.1) is 0 Å². The fraction of sp³-hybridized carbons (Fsp3) is 0.240. The van der Waals surface area contributed by atoms with E-state index < -0.39 is 10.0 Å². The predicted molar refractivity (Wildman–Crippen MR) is 127 cm³/mol. The molecule has 0 aromatic heterocycles. The van der Waals surface area contributed by atoms with Crippen molar-refractivity contribution in [2.45, 2.75) is 24.2 Å². The number of rotatable bonds is 6. The maximum Gasteiger partial charge on any atom is 0.261 e. The van der Waals surface area contributed by atoms with Crippen LogP contribution >= 0.6 is 11.6 Å². The van der Waals surface area contributed by atoms with Gasteiger partial charge in [0.1, 0.15) is 0 Å². The third-order valence-corrected chi connectivity index (χ3v) is 7.48. The molecule has 0 unspecified atom stereocenters. The molecule has 1 heterocycles. The van der Waals surface area contributed by atoms with Gasteiger partial charge in [0, 0.05) is 18.7 Å². The minimum atomic E-state index is -3.75. The Hall–Kier alpha value is -2.83. The molecule has 0 spiro atoms. The first kappa shape index (κ1) is 22.4. The molecule has 1 amide bonds. The molecule has 32 heavy (non-hydrogen) atoms. The standard InChI is InChI=1S/C25H25ClN2O3S/c26-23-18-21(11-12-24(23)27-32(30,31)22-9-5-2-6-10-22)25(29)28-15-13-20(14-16-28)17-19-7-3-1-4-8-19/h1-12,18,20,27H,13-17H2. The van der Waals surface area contributed by atoms with Crippen LogP contribution in [0.5, 0.6) is 0 Å². The zero-order valence-corrected chi connectivity index (χ0v) is 19.1. The number of nitrogens with zero attached hydrogens (tertiary/aromatic N) is 1. The van der Waals surface area contributed by atoms with Crippen LogP contribution in [0.3, 0.4) is 0 Å². The van der Waals surface area contributed by atoms with Crippen molar-refractivity contribution in [3.05, 3.63) is 95.0 Å². The largest absolute Gasteiger partial charge is 0.339 e. The number of likely N-dealkylation sites (tertiary alicyclic amines) is 1. The second-order valence-corrected chi connectivity index (χ2v) is 10.1. The van der Waals surface area contributed by atoms with E-state index in [1.54, 1.807) is 24.3 Å². The Bertz CT molecular complexity index is 1180. The third-order valence-electron chi connectivity index (χ3n) is 5.78. The van der Waals surface area contributed by atoms with E-state index in [0.29, 0.717) is 24.6 Å². The summed E-state index contributed by atoms with van der Waals surface area (Å²) in [5, 5.41) is 0.189.